The summed E-state index contributed by atoms with van der Waals surface area (Å²) in [6, 6.07) is 10.2. The average molecular weight is 462 g/mol. The van der Waals surface area contributed by atoms with Gasteiger partial charge in [-0.15, -0.1) is 0 Å². The first kappa shape index (κ1) is 22.8. The molecule has 2 amide bonds. The van der Waals surface area contributed by atoms with E-state index < -0.39 is 34.8 Å². The molecule has 9 heteroatoms. The van der Waals surface area contributed by atoms with Crippen LogP contribution in [-0.2, 0) is 4.79 Å². The van der Waals surface area contributed by atoms with Crippen LogP contribution in [0, 0.1) is 11.6 Å². The maximum absolute atomic E-state index is 15.1. The molecule has 0 aliphatic carbocycles. The number of aromatic amines is 1. The number of nitrogens with zero attached hydrogens (tertiary/aromatic N) is 1. The van der Waals surface area contributed by atoms with Crippen molar-refractivity contribution in [3.05, 3.63) is 83.2 Å². The Morgan fingerprint density at radius 3 is 2.62 bits per heavy atom. The van der Waals surface area contributed by atoms with Gasteiger partial charge in [0.1, 0.15) is 11.5 Å². The van der Waals surface area contributed by atoms with Crippen LogP contribution in [0.4, 0.5) is 14.5 Å². The Hall–Kier alpha value is -4.40. The number of amides is 2. The number of H-pyrrole nitrogens is 1. The van der Waals surface area contributed by atoms with E-state index >= 15 is 4.39 Å². The van der Waals surface area contributed by atoms with Crippen molar-refractivity contribution in [2.24, 2.45) is 5.73 Å². The second-order valence-electron chi connectivity index (χ2n) is 7.68. The number of nitrogens with two attached hydrogens (primary N) is 1. The number of anilines is 1. The van der Waals surface area contributed by atoms with Crippen molar-refractivity contribution in [3.63, 3.8) is 0 Å². The number of benzene rings is 2. The quantitative estimate of drug-likeness (QED) is 0.349. The summed E-state index contributed by atoms with van der Waals surface area (Å²) in [6.07, 6.45) is 3.57. The Kier molecular flexibility index (Phi) is 6.18. The number of carbonyl (C=O) groups is 3. The molecule has 0 unspecified atom stereocenters. The van der Waals surface area contributed by atoms with Gasteiger partial charge in [-0.25, -0.2) is 13.8 Å². The highest BCUT2D eigenvalue weighted by Gasteiger charge is 2.25. The van der Waals surface area contributed by atoms with Crippen molar-refractivity contribution in [3.8, 4) is 11.1 Å². The van der Waals surface area contributed by atoms with Crippen LogP contribution in [0.3, 0.4) is 0 Å². The van der Waals surface area contributed by atoms with Gasteiger partial charge in [0.15, 0.2) is 5.82 Å². The molecule has 4 rings (SSSR count). The van der Waals surface area contributed by atoms with Crippen molar-refractivity contribution < 1.29 is 23.2 Å². The maximum atomic E-state index is 15.1. The van der Waals surface area contributed by atoms with E-state index in [1.54, 1.807) is 37.3 Å². The minimum Gasteiger partial charge on any atom is -0.366 e. The lowest BCUT2D eigenvalue weighted by atomic mass is 9.99. The van der Waals surface area contributed by atoms with E-state index in [1.807, 2.05) is 0 Å². The summed E-state index contributed by atoms with van der Waals surface area (Å²) in [7, 11) is 0. The van der Waals surface area contributed by atoms with Crippen molar-refractivity contribution in [2.45, 2.75) is 19.8 Å². The predicted octanol–water partition coefficient (Wildman–Crippen LogP) is 4.58. The third-order valence-corrected chi connectivity index (χ3v) is 5.33. The van der Waals surface area contributed by atoms with Gasteiger partial charge < -0.3 is 16.0 Å². The topological polar surface area (TPSA) is 118 Å². The maximum Gasteiger partial charge on any atom is 0.248 e. The van der Waals surface area contributed by atoms with Gasteiger partial charge in [-0.1, -0.05) is 19.1 Å². The Morgan fingerprint density at radius 2 is 1.88 bits per heavy atom. The summed E-state index contributed by atoms with van der Waals surface area (Å²) < 4.78 is 29.7. The van der Waals surface area contributed by atoms with Crippen molar-refractivity contribution >= 4 is 34.3 Å². The van der Waals surface area contributed by atoms with Gasteiger partial charge >= 0.3 is 0 Å². The van der Waals surface area contributed by atoms with Gasteiger partial charge in [-0.05, 0) is 42.3 Å². The number of fused-ring (bicyclic) bond motifs is 1. The lowest BCUT2D eigenvalue weighted by Gasteiger charge is -2.10. The minimum absolute atomic E-state index is 0.00485. The summed E-state index contributed by atoms with van der Waals surface area (Å²) in [5, 5.41) is 2.71. The standard InChI is InChI=1S/C25H20F2N4O3/c1-2-4-20(32)31-19-8-7-18(26)21(22(19)27)23(33)17-12-30-25-16(17)10-15(11-29-25)13-5-3-6-14(9-13)24(28)34/h3,5-12H,2,4H2,1H3,(H2,28,34)(H,29,30)(H,31,32). The number of pyridine rings is 1. The Morgan fingerprint density at radius 1 is 1.09 bits per heavy atom. The molecular weight excluding hydrogens is 442 g/mol. The van der Waals surface area contributed by atoms with Gasteiger partial charge in [-0.2, -0.15) is 0 Å². The van der Waals surface area contributed by atoms with Gasteiger partial charge in [-0.3, -0.25) is 14.4 Å². The number of primary amides is 1. The molecule has 172 valence electrons. The third kappa shape index (κ3) is 4.27. The zero-order valence-corrected chi connectivity index (χ0v) is 18.1. The minimum atomic E-state index is -1.15. The second-order valence-corrected chi connectivity index (χ2v) is 7.68. The van der Waals surface area contributed by atoms with Gasteiger partial charge in [0.05, 0.1) is 11.3 Å². The molecule has 0 fully saturated rings. The fourth-order valence-electron chi connectivity index (χ4n) is 3.63. The first-order valence-corrected chi connectivity index (χ1v) is 10.5. The molecule has 0 spiro atoms. The first-order chi connectivity index (χ1) is 16.3. The highest BCUT2D eigenvalue weighted by Crippen LogP contribution is 2.29. The van der Waals surface area contributed by atoms with Crippen LogP contribution in [0.5, 0.6) is 0 Å². The Labute approximate surface area is 193 Å². The average Bonchev–Trinajstić information content (AvgIpc) is 3.24. The lowest BCUT2D eigenvalue weighted by Crippen LogP contribution is -2.15. The first-order valence-electron chi connectivity index (χ1n) is 10.5. The molecule has 7 nitrogen and oxygen atoms in total. The number of carbonyl (C=O) groups excluding carboxylic acids is 3. The molecule has 0 saturated carbocycles. The van der Waals surface area contributed by atoms with E-state index in [9.17, 15) is 18.8 Å². The SMILES string of the molecule is CCCC(=O)Nc1ccc(F)c(C(=O)c2c[nH]c3ncc(-c4cccc(C(N)=O)c4)cc23)c1F. The highest BCUT2D eigenvalue weighted by molar-refractivity contribution is 6.17. The molecule has 2 aromatic carbocycles. The fourth-order valence-corrected chi connectivity index (χ4v) is 3.63. The van der Waals surface area contributed by atoms with Crippen LogP contribution in [0.15, 0.2) is 54.9 Å². The number of halogens is 2. The largest absolute Gasteiger partial charge is 0.366 e. The predicted molar refractivity (Wildman–Crippen MR) is 123 cm³/mol. The molecule has 0 aliphatic heterocycles. The molecule has 34 heavy (non-hydrogen) atoms. The highest BCUT2D eigenvalue weighted by atomic mass is 19.1. The summed E-state index contributed by atoms with van der Waals surface area (Å²) in [5.41, 5.74) is 6.14. The molecule has 2 heterocycles. The van der Waals surface area contributed by atoms with Gasteiger partial charge in [0.25, 0.3) is 0 Å². The van der Waals surface area contributed by atoms with E-state index in [0.717, 1.165) is 12.1 Å². The molecular formula is C25H20F2N4O3. The number of hydrogen-bond donors (Lipinski definition) is 3. The van der Waals surface area contributed by atoms with Crippen molar-refractivity contribution in [1.82, 2.24) is 9.97 Å². The second kappa shape index (κ2) is 9.22. The lowest BCUT2D eigenvalue weighted by molar-refractivity contribution is -0.116. The Balaban J connectivity index is 1.77. The van der Waals surface area contributed by atoms with E-state index in [4.69, 9.17) is 5.73 Å². The van der Waals surface area contributed by atoms with Crippen LogP contribution in [-0.4, -0.2) is 27.6 Å². The van der Waals surface area contributed by atoms with Crippen LogP contribution in [0.1, 0.15) is 46.0 Å². The van der Waals surface area contributed by atoms with Gasteiger partial charge in [0.2, 0.25) is 17.6 Å². The molecule has 0 radical (unpaired) electrons. The summed E-state index contributed by atoms with van der Waals surface area (Å²) in [6.45, 7) is 1.79. The number of ketones is 1. The van der Waals surface area contributed by atoms with E-state index in [2.05, 4.69) is 15.3 Å². The number of rotatable bonds is 7. The van der Waals surface area contributed by atoms with Crippen LogP contribution >= 0.6 is 0 Å². The molecule has 4 N–H and O–H groups in total. The summed E-state index contributed by atoms with van der Waals surface area (Å²) in [5.74, 6) is -4.14. The van der Waals surface area contributed by atoms with Crippen LogP contribution in [0.2, 0.25) is 0 Å². The summed E-state index contributed by atoms with van der Waals surface area (Å²) >= 11 is 0. The van der Waals surface area contributed by atoms with Crippen LogP contribution < -0.4 is 11.1 Å². The van der Waals surface area contributed by atoms with E-state index in [1.165, 1.54) is 12.4 Å². The fraction of sp³-hybridized carbons (Fsp3) is 0.120. The molecule has 2 aromatic heterocycles. The number of aromatic nitrogens is 2. The summed E-state index contributed by atoms with van der Waals surface area (Å²) in [4.78, 5) is 43.7. The van der Waals surface area contributed by atoms with E-state index in [-0.39, 0.29) is 17.7 Å². The number of hydrogen-bond acceptors (Lipinski definition) is 4. The van der Waals surface area contributed by atoms with Gasteiger partial charge in [0, 0.05) is 40.9 Å². The zero-order valence-electron chi connectivity index (χ0n) is 18.1. The molecule has 0 bridgehead atoms. The Bertz CT molecular complexity index is 1450. The normalized spacial score (nSPS) is 10.9. The number of nitrogens with one attached hydrogen (secondary N) is 2. The monoisotopic (exact) mass is 462 g/mol. The van der Waals surface area contributed by atoms with E-state index in [0.29, 0.717) is 34.1 Å². The zero-order chi connectivity index (χ0) is 24.4. The smallest absolute Gasteiger partial charge is 0.248 e. The molecule has 0 saturated heterocycles. The van der Waals surface area contributed by atoms with Crippen LogP contribution in [0.25, 0.3) is 22.2 Å². The van der Waals surface area contributed by atoms with Crippen molar-refractivity contribution in [2.75, 3.05) is 5.32 Å². The molecule has 0 aliphatic rings. The molecule has 0 atom stereocenters. The van der Waals surface area contributed by atoms with Crippen molar-refractivity contribution in [1.29, 1.82) is 0 Å². The third-order valence-electron chi connectivity index (χ3n) is 5.33. The molecule has 4 aromatic rings.